The summed E-state index contributed by atoms with van der Waals surface area (Å²) in [5.41, 5.74) is 11.2. The van der Waals surface area contributed by atoms with Crippen LogP contribution in [0.5, 0.6) is 5.75 Å². The van der Waals surface area contributed by atoms with Gasteiger partial charge in [0, 0.05) is 42.2 Å². The van der Waals surface area contributed by atoms with E-state index in [4.69, 9.17) is 10.7 Å². The third kappa shape index (κ3) is 3.23. The van der Waals surface area contributed by atoms with Gasteiger partial charge in [0.15, 0.2) is 0 Å². The number of aromatic amines is 1. The third-order valence-electron chi connectivity index (χ3n) is 6.76. The number of hydrogen-bond donors (Lipinski definition) is 3. The number of nitrogens with two attached hydrogens (primary N) is 1. The molecule has 4 N–H and O–H groups in total. The van der Waals surface area contributed by atoms with Crippen molar-refractivity contribution in [2.24, 2.45) is 0 Å². The second-order valence-electron chi connectivity index (χ2n) is 8.80. The number of phenolic OH excluding ortho intramolecular Hbond substituents is 1. The highest BCUT2D eigenvalue weighted by atomic mass is 32.1. The lowest BCUT2D eigenvalue weighted by atomic mass is 9.95. The highest BCUT2D eigenvalue weighted by Gasteiger charge is 2.29. The number of carbonyl (C=O) groups is 1. The molecule has 0 spiro atoms. The van der Waals surface area contributed by atoms with E-state index in [0.29, 0.717) is 24.6 Å². The molecule has 1 amide bonds. The normalized spacial score (nSPS) is 14.9. The van der Waals surface area contributed by atoms with Crippen molar-refractivity contribution in [3.8, 4) is 17.1 Å². The summed E-state index contributed by atoms with van der Waals surface area (Å²) in [4.78, 5) is 27.5. The summed E-state index contributed by atoms with van der Waals surface area (Å²) in [6.07, 6.45) is 5.23. The van der Waals surface area contributed by atoms with E-state index in [-0.39, 0.29) is 17.6 Å². The number of phenols is 1. The van der Waals surface area contributed by atoms with Gasteiger partial charge in [0.05, 0.1) is 16.8 Å². The second-order valence-corrected chi connectivity index (χ2v) is 9.58. The summed E-state index contributed by atoms with van der Waals surface area (Å²) >= 11 is 1.54. The van der Waals surface area contributed by atoms with Crippen molar-refractivity contribution in [2.45, 2.75) is 25.7 Å². The Morgan fingerprint density at radius 2 is 2.09 bits per heavy atom. The molecule has 0 atom stereocenters. The fraction of sp³-hybridized carbons (Fsp3) is 0.240. The maximum absolute atomic E-state index is 12.8. The number of imidazole rings is 1. The van der Waals surface area contributed by atoms with Crippen molar-refractivity contribution < 1.29 is 9.90 Å². The molecule has 5 heterocycles. The topological polar surface area (TPSA) is 113 Å². The fourth-order valence-corrected chi connectivity index (χ4v) is 5.57. The molecule has 9 heteroatoms. The number of rotatable bonds is 3. The van der Waals surface area contributed by atoms with Gasteiger partial charge in [-0.25, -0.2) is 9.97 Å². The van der Waals surface area contributed by atoms with Crippen molar-refractivity contribution in [3.63, 3.8) is 0 Å². The second kappa shape index (κ2) is 7.88. The zero-order valence-corrected chi connectivity index (χ0v) is 19.5. The highest BCUT2D eigenvalue weighted by molar-refractivity contribution is 7.08. The number of aromatic nitrogens is 4. The van der Waals surface area contributed by atoms with Crippen LogP contribution in [0.15, 0.2) is 47.4 Å². The Labute approximate surface area is 199 Å². The molecule has 1 aromatic carbocycles. The lowest BCUT2D eigenvalue weighted by molar-refractivity contribution is 0.0711. The number of likely N-dealkylation sites (tertiary alicyclic amines) is 1. The molecule has 6 rings (SSSR count). The molecule has 8 nitrogen and oxygen atoms in total. The molecule has 0 saturated carbocycles. The van der Waals surface area contributed by atoms with Crippen molar-refractivity contribution in [3.05, 3.63) is 64.4 Å². The molecule has 4 aromatic heterocycles. The minimum absolute atomic E-state index is 0.0927. The van der Waals surface area contributed by atoms with Gasteiger partial charge in [-0.2, -0.15) is 11.3 Å². The Bertz CT molecular complexity index is 1490. The molecular weight excluding hydrogens is 448 g/mol. The fourth-order valence-electron chi connectivity index (χ4n) is 4.94. The monoisotopic (exact) mass is 472 g/mol. The number of aryl methyl sites for hydroxylation is 1. The van der Waals surface area contributed by atoms with Gasteiger partial charge in [0.25, 0.3) is 5.91 Å². The van der Waals surface area contributed by atoms with E-state index in [1.54, 1.807) is 12.3 Å². The summed E-state index contributed by atoms with van der Waals surface area (Å²) < 4.78 is 2.02. The highest BCUT2D eigenvalue weighted by Crippen LogP contribution is 2.37. The first-order chi connectivity index (χ1) is 16.5. The number of fused-ring (bicyclic) bond motifs is 2. The standard InChI is InChI=1S/C25H24N6O2S/c1-14-2-3-19(32)17-12-18(28-20(14)17)21-22-23(26)27-7-10-31(22)24(29-21)15-4-8-30(9-5-15)25(33)16-6-11-34-13-16/h2-3,6-7,10-13,15,28,32H,4-5,8-9H2,1H3,(H2,26,27). The number of anilines is 1. The average Bonchev–Trinajstić information content (AvgIpc) is 3.60. The molecule has 0 bridgehead atoms. The van der Waals surface area contributed by atoms with Crippen molar-refractivity contribution in [1.29, 1.82) is 0 Å². The van der Waals surface area contributed by atoms with E-state index < -0.39 is 0 Å². The van der Waals surface area contributed by atoms with Crippen molar-refractivity contribution >= 4 is 39.5 Å². The lowest BCUT2D eigenvalue weighted by Crippen LogP contribution is -2.38. The van der Waals surface area contributed by atoms with Gasteiger partial charge in [0.1, 0.15) is 28.6 Å². The maximum Gasteiger partial charge on any atom is 0.254 e. The van der Waals surface area contributed by atoms with Crippen LogP contribution < -0.4 is 5.73 Å². The van der Waals surface area contributed by atoms with Crippen LogP contribution in [0.1, 0.15) is 40.5 Å². The molecule has 0 unspecified atom stereocenters. The minimum atomic E-state index is 0.0927. The van der Waals surface area contributed by atoms with Gasteiger partial charge in [-0.1, -0.05) is 6.07 Å². The summed E-state index contributed by atoms with van der Waals surface area (Å²) in [5.74, 6) is 1.83. The summed E-state index contributed by atoms with van der Waals surface area (Å²) in [6.45, 7) is 3.37. The lowest BCUT2D eigenvalue weighted by Gasteiger charge is -2.31. The van der Waals surface area contributed by atoms with E-state index in [9.17, 15) is 9.90 Å². The van der Waals surface area contributed by atoms with Crippen LogP contribution in [-0.4, -0.2) is 48.4 Å². The summed E-state index contributed by atoms with van der Waals surface area (Å²) in [5, 5.41) is 14.9. The number of carbonyl (C=O) groups excluding carboxylic acids is 1. The maximum atomic E-state index is 12.8. The van der Waals surface area contributed by atoms with Crippen LogP contribution >= 0.6 is 11.3 Å². The third-order valence-corrected chi connectivity index (χ3v) is 7.44. The Kier molecular flexibility index (Phi) is 4.80. The van der Waals surface area contributed by atoms with Gasteiger partial charge >= 0.3 is 0 Å². The minimum Gasteiger partial charge on any atom is -0.507 e. The Hall–Kier alpha value is -3.85. The predicted molar refractivity (Wildman–Crippen MR) is 133 cm³/mol. The van der Waals surface area contributed by atoms with Crippen LogP contribution in [0.2, 0.25) is 0 Å². The molecule has 34 heavy (non-hydrogen) atoms. The zero-order chi connectivity index (χ0) is 23.4. The Balaban J connectivity index is 1.38. The van der Waals surface area contributed by atoms with E-state index in [2.05, 4.69) is 9.97 Å². The van der Waals surface area contributed by atoms with Gasteiger partial charge in [-0.3, -0.25) is 9.20 Å². The molecule has 0 aliphatic carbocycles. The smallest absolute Gasteiger partial charge is 0.254 e. The molecule has 1 saturated heterocycles. The van der Waals surface area contributed by atoms with Gasteiger partial charge in [-0.05, 0) is 48.9 Å². The van der Waals surface area contributed by atoms with E-state index in [1.165, 1.54) is 11.3 Å². The van der Waals surface area contributed by atoms with Gasteiger partial charge in [-0.15, -0.1) is 0 Å². The van der Waals surface area contributed by atoms with Crippen LogP contribution in [0, 0.1) is 6.92 Å². The molecular formula is C25H24N6O2S. The van der Waals surface area contributed by atoms with E-state index >= 15 is 0 Å². The van der Waals surface area contributed by atoms with Crippen LogP contribution in [0.3, 0.4) is 0 Å². The molecule has 0 radical (unpaired) electrons. The number of benzene rings is 1. The van der Waals surface area contributed by atoms with Crippen molar-refractivity contribution in [2.75, 3.05) is 18.8 Å². The average molecular weight is 473 g/mol. The zero-order valence-electron chi connectivity index (χ0n) is 18.7. The molecule has 172 valence electrons. The number of thiophene rings is 1. The number of amides is 1. The number of nitrogens with zero attached hydrogens (tertiary/aromatic N) is 4. The van der Waals surface area contributed by atoms with Crippen LogP contribution in [-0.2, 0) is 0 Å². The summed E-state index contributed by atoms with van der Waals surface area (Å²) in [7, 11) is 0. The number of piperidine rings is 1. The number of nitrogen functional groups attached to an aromatic ring is 1. The Morgan fingerprint density at radius 1 is 1.26 bits per heavy atom. The first-order valence-corrected chi connectivity index (χ1v) is 12.2. The largest absolute Gasteiger partial charge is 0.507 e. The van der Waals surface area contributed by atoms with Gasteiger partial charge < -0.3 is 20.7 Å². The first-order valence-electron chi connectivity index (χ1n) is 11.3. The van der Waals surface area contributed by atoms with Crippen molar-refractivity contribution in [1.82, 2.24) is 24.3 Å². The predicted octanol–water partition coefficient (Wildman–Crippen LogP) is 4.56. The molecule has 1 fully saturated rings. The summed E-state index contributed by atoms with van der Waals surface area (Å²) in [6, 6.07) is 7.38. The molecule has 5 aromatic rings. The quantitative estimate of drug-likeness (QED) is 0.356. The SMILES string of the molecule is Cc1ccc(O)c2cc(-c3nc(C4CCN(C(=O)c5ccsc5)CC4)n4ccnc(N)c34)[nH]c12. The number of hydrogen-bond acceptors (Lipinski definition) is 6. The Morgan fingerprint density at radius 3 is 2.82 bits per heavy atom. The first kappa shape index (κ1) is 20.7. The molecule has 1 aliphatic heterocycles. The number of aromatic hydroxyl groups is 1. The number of nitrogens with one attached hydrogen (secondary N) is 1. The van der Waals surface area contributed by atoms with E-state index in [1.807, 2.05) is 51.4 Å². The van der Waals surface area contributed by atoms with Crippen LogP contribution in [0.25, 0.3) is 27.8 Å². The molecule has 1 aliphatic rings. The van der Waals surface area contributed by atoms with E-state index in [0.717, 1.165) is 51.9 Å². The van der Waals surface area contributed by atoms with Gasteiger partial charge in [0.2, 0.25) is 0 Å². The van der Waals surface area contributed by atoms with Crippen LogP contribution in [0.4, 0.5) is 5.82 Å². The number of H-pyrrole nitrogens is 1.